The zero-order valence-electron chi connectivity index (χ0n) is 15.5. The summed E-state index contributed by atoms with van der Waals surface area (Å²) in [6, 6.07) is 12.6. The van der Waals surface area contributed by atoms with Crippen LogP contribution in [0.25, 0.3) is 10.4 Å². The van der Waals surface area contributed by atoms with Crippen LogP contribution in [0.2, 0.25) is 0 Å². The normalized spacial score (nSPS) is 21.7. The lowest BCUT2D eigenvalue weighted by molar-refractivity contribution is 0.186. The number of piperidine rings is 1. The van der Waals surface area contributed by atoms with Gasteiger partial charge < -0.3 is 4.57 Å². The molecule has 2 bridgehead atoms. The predicted octanol–water partition coefficient (Wildman–Crippen LogP) is 3.52. The van der Waals surface area contributed by atoms with Gasteiger partial charge in [0, 0.05) is 36.1 Å². The van der Waals surface area contributed by atoms with Crippen LogP contribution in [-0.4, -0.2) is 30.4 Å². The molecule has 2 atom stereocenters. The maximum Gasteiger partial charge on any atom is 0.259 e. The second-order valence-corrected chi connectivity index (χ2v) is 10.5. The molecule has 0 N–H and O–H groups in total. The van der Waals surface area contributed by atoms with Crippen molar-refractivity contribution in [2.45, 2.75) is 23.8 Å². The van der Waals surface area contributed by atoms with Crippen LogP contribution in [0.1, 0.15) is 18.0 Å². The number of pyridine rings is 1. The first-order valence-corrected chi connectivity index (χ1v) is 11.8. The molecule has 29 heavy (non-hydrogen) atoms. The molecule has 8 heteroatoms. The summed E-state index contributed by atoms with van der Waals surface area (Å²) in [5.74, 6) is -0.412. The molecule has 150 valence electrons. The van der Waals surface area contributed by atoms with Gasteiger partial charge in [0.25, 0.3) is 5.56 Å². The third-order valence-electron chi connectivity index (χ3n) is 5.81. The molecule has 0 aliphatic carbocycles. The van der Waals surface area contributed by atoms with Crippen molar-refractivity contribution in [2.75, 3.05) is 13.1 Å². The van der Waals surface area contributed by atoms with E-state index < -0.39 is 15.8 Å². The lowest BCUT2D eigenvalue weighted by atomic mass is 9.84. The Labute approximate surface area is 172 Å². The average Bonchev–Trinajstić information content (AvgIpc) is 3.23. The highest BCUT2D eigenvalue weighted by Gasteiger charge is 2.39. The first kappa shape index (κ1) is 18.7. The minimum atomic E-state index is -3.70. The summed E-state index contributed by atoms with van der Waals surface area (Å²) in [6.07, 6.45) is 0.868. The van der Waals surface area contributed by atoms with Gasteiger partial charge in [-0.15, -0.1) is 11.3 Å². The molecule has 5 rings (SSSR count). The van der Waals surface area contributed by atoms with Crippen molar-refractivity contribution in [1.29, 1.82) is 0 Å². The molecule has 5 nitrogen and oxygen atoms in total. The summed E-state index contributed by atoms with van der Waals surface area (Å²) in [5, 5.41) is 1.95. The molecule has 0 spiro atoms. The molecular weight excluding hydrogens is 411 g/mol. The van der Waals surface area contributed by atoms with E-state index in [1.165, 1.54) is 39.9 Å². The van der Waals surface area contributed by atoms with Crippen LogP contribution in [0, 0.1) is 11.7 Å². The zero-order chi connectivity index (χ0) is 20.2. The Morgan fingerprint density at radius 1 is 1.00 bits per heavy atom. The van der Waals surface area contributed by atoms with E-state index in [0.29, 0.717) is 25.2 Å². The number of hydrogen-bond acceptors (Lipinski definition) is 4. The van der Waals surface area contributed by atoms with Gasteiger partial charge in [-0.2, -0.15) is 4.31 Å². The van der Waals surface area contributed by atoms with Crippen LogP contribution < -0.4 is 5.56 Å². The Hall–Kier alpha value is -2.29. The van der Waals surface area contributed by atoms with Gasteiger partial charge in [-0.1, -0.05) is 6.07 Å². The van der Waals surface area contributed by atoms with Crippen molar-refractivity contribution >= 4 is 21.4 Å². The summed E-state index contributed by atoms with van der Waals surface area (Å²) in [5.41, 5.74) is 1.58. The van der Waals surface area contributed by atoms with Gasteiger partial charge in [-0.3, -0.25) is 4.79 Å². The van der Waals surface area contributed by atoms with Gasteiger partial charge in [0.05, 0.1) is 10.5 Å². The third-order valence-corrected chi connectivity index (χ3v) is 8.56. The lowest BCUT2D eigenvalue weighted by Crippen LogP contribution is -2.49. The van der Waals surface area contributed by atoms with E-state index >= 15 is 0 Å². The van der Waals surface area contributed by atoms with E-state index in [2.05, 4.69) is 0 Å². The molecule has 0 amide bonds. The molecule has 0 saturated carbocycles. The fourth-order valence-corrected chi connectivity index (χ4v) is 6.78. The molecule has 0 unspecified atom stereocenters. The summed E-state index contributed by atoms with van der Waals surface area (Å²) in [6.45, 7) is 1.21. The Bertz CT molecular complexity index is 1220. The van der Waals surface area contributed by atoms with Gasteiger partial charge in [0.15, 0.2) is 0 Å². The van der Waals surface area contributed by atoms with E-state index in [-0.39, 0.29) is 22.3 Å². The molecule has 3 aromatic rings. The zero-order valence-corrected chi connectivity index (χ0v) is 17.1. The second-order valence-electron chi connectivity index (χ2n) is 7.64. The van der Waals surface area contributed by atoms with Crippen LogP contribution in [-0.2, 0) is 16.6 Å². The Balaban J connectivity index is 1.49. The molecule has 1 saturated heterocycles. The molecular formula is C21H19FN2O3S2. The van der Waals surface area contributed by atoms with Crippen molar-refractivity contribution < 1.29 is 12.8 Å². The largest absolute Gasteiger partial charge is 0.311 e. The SMILES string of the molecule is O=c1c(-c2cccs2)ccc2n1C[C@@H]1C[C@@H]2CN(S(=O)(=O)c2ccc(F)cc2)C1. The number of hydrogen-bond donors (Lipinski definition) is 0. The predicted molar refractivity (Wildman–Crippen MR) is 110 cm³/mol. The summed E-state index contributed by atoms with van der Waals surface area (Å²) in [7, 11) is -3.70. The number of fused-ring (bicyclic) bond motifs is 4. The van der Waals surface area contributed by atoms with Crippen molar-refractivity contribution in [3.8, 4) is 10.4 Å². The average molecular weight is 431 g/mol. The highest BCUT2D eigenvalue weighted by Crippen LogP contribution is 2.38. The van der Waals surface area contributed by atoms with Crippen molar-refractivity contribution in [2.24, 2.45) is 5.92 Å². The van der Waals surface area contributed by atoms with Crippen molar-refractivity contribution in [3.05, 3.63) is 75.8 Å². The molecule has 2 aliphatic heterocycles. The monoisotopic (exact) mass is 430 g/mol. The Kier molecular flexibility index (Phi) is 4.45. The number of aromatic nitrogens is 1. The maximum atomic E-state index is 13.2. The number of benzene rings is 1. The first-order chi connectivity index (χ1) is 13.9. The number of nitrogens with zero attached hydrogens (tertiary/aromatic N) is 2. The van der Waals surface area contributed by atoms with E-state index in [9.17, 15) is 17.6 Å². The van der Waals surface area contributed by atoms with Crippen molar-refractivity contribution in [3.63, 3.8) is 0 Å². The molecule has 4 heterocycles. The van der Waals surface area contributed by atoms with Crippen LogP contribution in [0.15, 0.2) is 63.6 Å². The maximum absolute atomic E-state index is 13.2. The standard InChI is InChI=1S/C21H19FN2O3S2/c22-16-3-5-17(6-4-16)29(26,27)23-11-14-10-15(13-23)19-8-7-18(20-2-1-9-28-20)21(25)24(19)12-14/h1-9,14-15H,10-13H2/t14-,15-/m1/s1. The van der Waals surface area contributed by atoms with Crippen LogP contribution in [0.4, 0.5) is 4.39 Å². The summed E-state index contributed by atoms with van der Waals surface area (Å²) in [4.78, 5) is 14.1. The molecule has 0 radical (unpaired) electrons. The summed E-state index contributed by atoms with van der Waals surface area (Å²) >= 11 is 1.54. The Morgan fingerprint density at radius 3 is 2.52 bits per heavy atom. The molecule has 2 aromatic heterocycles. The highest BCUT2D eigenvalue weighted by atomic mass is 32.2. The van der Waals surface area contributed by atoms with E-state index in [1.807, 2.05) is 34.2 Å². The summed E-state index contributed by atoms with van der Waals surface area (Å²) < 4.78 is 42.6. The molecule has 1 fully saturated rings. The van der Waals surface area contributed by atoms with Crippen LogP contribution in [0.5, 0.6) is 0 Å². The third kappa shape index (κ3) is 3.15. The van der Waals surface area contributed by atoms with E-state index in [0.717, 1.165) is 17.0 Å². The fraction of sp³-hybridized carbons (Fsp3) is 0.286. The minimum Gasteiger partial charge on any atom is -0.311 e. The molecule has 2 aliphatic rings. The lowest BCUT2D eigenvalue weighted by Gasteiger charge is -2.42. The van der Waals surface area contributed by atoms with Crippen LogP contribution in [0.3, 0.4) is 0 Å². The van der Waals surface area contributed by atoms with E-state index in [4.69, 9.17) is 0 Å². The van der Waals surface area contributed by atoms with Gasteiger partial charge in [-0.25, -0.2) is 12.8 Å². The number of thiophene rings is 1. The highest BCUT2D eigenvalue weighted by molar-refractivity contribution is 7.89. The number of rotatable bonds is 3. The van der Waals surface area contributed by atoms with Gasteiger partial charge in [-0.05, 0) is 60.2 Å². The smallest absolute Gasteiger partial charge is 0.259 e. The van der Waals surface area contributed by atoms with E-state index in [1.54, 1.807) is 0 Å². The second kappa shape index (κ2) is 6.90. The fourth-order valence-electron chi connectivity index (χ4n) is 4.47. The van der Waals surface area contributed by atoms with Gasteiger partial charge in [0.1, 0.15) is 5.82 Å². The van der Waals surface area contributed by atoms with Gasteiger partial charge >= 0.3 is 0 Å². The first-order valence-electron chi connectivity index (χ1n) is 9.47. The number of sulfonamides is 1. The van der Waals surface area contributed by atoms with Crippen LogP contribution >= 0.6 is 11.3 Å². The number of halogens is 1. The quantitative estimate of drug-likeness (QED) is 0.639. The molecule has 1 aromatic carbocycles. The van der Waals surface area contributed by atoms with Gasteiger partial charge in [0.2, 0.25) is 10.0 Å². The Morgan fingerprint density at radius 2 is 1.79 bits per heavy atom. The van der Waals surface area contributed by atoms with Crippen molar-refractivity contribution in [1.82, 2.24) is 8.87 Å². The topological polar surface area (TPSA) is 59.4 Å². The minimum absolute atomic E-state index is 0.00510.